The predicted octanol–water partition coefficient (Wildman–Crippen LogP) is 2.99. The largest absolute Gasteiger partial charge is 0.374 e. The summed E-state index contributed by atoms with van der Waals surface area (Å²) in [6.45, 7) is 3.45. The van der Waals surface area contributed by atoms with Crippen LogP contribution in [0.3, 0.4) is 0 Å². The van der Waals surface area contributed by atoms with Crippen LogP contribution in [0.15, 0.2) is 30.3 Å². The molecule has 1 fully saturated rings. The van der Waals surface area contributed by atoms with Crippen LogP contribution in [0.4, 0.5) is 0 Å². The summed E-state index contributed by atoms with van der Waals surface area (Å²) < 4.78 is 16.9. The molecule has 1 heterocycles. The van der Waals surface area contributed by atoms with Crippen molar-refractivity contribution >= 4 is 0 Å². The van der Waals surface area contributed by atoms with E-state index >= 15 is 0 Å². The summed E-state index contributed by atoms with van der Waals surface area (Å²) in [7, 11) is 1.70. The lowest BCUT2D eigenvalue weighted by atomic mass is 9.99. The monoisotopic (exact) mass is 250 g/mol. The van der Waals surface area contributed by atoms with Gasteiger partial charge in [-0.2, -0.15) is 0 Å². The Bertz CT molecular complexity index is 339. The lowest BCUT2D eigenvalue weighted by Gasteiger charge is -2.33. The zero-order valence-electron chi connectivity index (χ0n) is 11.2. The second kappa shape index (κ2) is 6.88. The molecule has 0 saturated carbocycles. The van der Waals surface area contributed by atoms with Crippen LogP contribution in [-0.4, -0.2) is 26.1 Å². The Hall–Kier alpha value is -0.900. The Morgan fingerprint density at radius 3 is 2.72 bits per heavy atom. The first-order valence-corrected chi connectivity index (χ1v) is 6.59. The van der Waals surface area contributed by atoms with Crippen LogP contribution in [0.25, 0.3) is 0 Å². The molecule has 0 aliphatic carbocycles. The van der Waals surface area contributed by atoms with Crippen molar-refractivity contribution in [1.82, 2.24) is 0 Å². The van der Waals surface area contributed by atoms with Gasteiger partial charge in [-0.15, -0.1) is 0 Å². The molecule has 0 radical (unpaired) electrons. The van der Waals surface area contributed by atoms with Gasteiger partial charge in [0.1, 0.15) is 0 Å². The lowest BCUT2D eigenvalue weighted by molar-refractivity contribution is -0.216. The average Bonchev–Trinajstić information content (AvgIpc) is 2.42. The molecule has 0 aromatic heterocycles. The number of hydrogen-bond acceptors (Lipinski definition) is 3. The van der Waals surface area contributed by atoms with Gasteiger partial charge in [0.15, 0.2) is 6.29 Å². The SMILES string of the molecule is COC1OC(COCc2ccccc2)CCC1C. The molecule has 3 atom stereocenters. The van der Waals surface area contributed by atoms with Gasteiger partial charge in [0, 0.05) is 13.0 Å². The molecule has 3 heteroatoms. The minimum absolute atomic E-state index is 0.0796. The highest BCUT2D eigenvalue weighted by Crippen LogP contribution is 2.25. The number of hydrogen-bond donors (Lipinski definition) is 0. The molecular weight excluding hydrogens is 228 g/mol. The first-order valence-electron chi connectivity index (χ1n) is 6.59. The van der Waals surface area contributed by atoms with E-state index < -0.39 is 0 Å². The summed E-state index contributed by atoms with van der Waals surface area (Å²) in [6.07, 6.45) is 2.27. The van der Waals surface area contributed by atoms with E-state index in [9.17, 15) is 0 Å². The number of methoxy groups -OCH3 is 1. The Morgan fingerprint density at radius 1 is 1.22 bits per heavy atom. The van der Waals surface area contributed by atoms with Gasteiger partial charge in [-0.25, -0.2) is 0 Å². The fourth-order valence-electron chi connectivity index (χ4n) is 2.27. The second-order valence-corrected chi connectivity index (χ2v) is 4.92. The third kappa shape index (κ3) is 3.80. The van der Waals surface area contributed by atoms with Gasteiger partial charge in [0.2, 0.25) is 0 Å². The van der Waals surface area contributed by atoms with Crippen LogP contribution >= 0.6 is 0 Å². The summed E-state index contributed by atoms with van der Waals surface area (Å²) in [5.41, 5.74) is 1.20. The van der Waals surface area contributed by atoms with E-state index in [1.807, 2.05) is 18.2 Å². The fourth-order valence-corrected chi connectivity index (χ4v) is 2.27. The lowest BCUT2D eigenvalue weighted by Crippen LogP contribution is -2.37. The molecule has 1 aromatic rings. The average molecular weight is 250 g/mol. The van der Waals surface area contributed by atoms with Crippen LogP contribution in [0.5, 0.6) is 0 Å². The molecule has 100 valence electrons. The van der Waals surface area contributed by atoms with Crippen molar-refractivity contribution in [1.29, 1.82) is 0 Å². The van der Waals surface area contributed by atoms with Crippen molar-refractivity contribution in [3.8, 4) is 0 Å². The van der Waals surface area contributed by atoms with Gasteiger partial charge < -0.3 is 14.2 Å². The molecule has 18 heavy (non-hydrogen) atoms. The van der Waals surface area contributed by atoms with Crippen LogP contribution in [-0.2, 0) is 20.8 Å². The number of ether oxygens (including phenoxy) is 3. The normalized spacial score (nSPS) is 28.2. The van der Waals surface area contributed by atoms with Crippen LogP contribution < -0.4 is 0 Å². The summed E-state index contributed by atoms with van der Waals surface area (Å²) in [6, 6.07) is 10.2. The standard InChI is InChI=1S/C15H22O3/c1-12-8-9-14(18-15(12)16-2)11-17-10-13-6-4-3-5-7-13/h3-7,12,14-15H,8-11H2,1-2H3. The van der Waals surface area contributed by atoms with E-state index in [4.69, 9.17) is 14.2 Å². The molecule has 2 rings (SSSR count). The maximum Gasteiger partial charge on any atom is 0.160 e. The predicted molar refractivity (Wildman–Crippen MR) is 70.2 cm³/mol. The maximum atomic E-state index is 5.84. The molecule has 1 saturated heterocycles. The molecule has 3 nitrogen and oxygen atoms in total. The maximum absolute atomic E-state index is 5.84. The second-order valence-electron chi connectivity index (χ2n) is 4.92. The highest BCUT2D eigenvalue weighted by Gasteiger charge is 2.28. The molecule has 0 spiro atoms. The molecular formula is C15H22O3. The van der Waals surface area contributed by atoms with Crippen LogP contribution in [0.1, 0.15) is 25.3 Å². The zero-order chi connectivity index (χ0) is 12.8. The molecule has 1 aliphatic rings. The van der Waals surface area contributed by atoms with Crippen molar-refractivity contribution in [2.75, 3.05) is 13.7 Å². The van der Waals surface area contributed by atoms with E-state index in [0.29, 0.717) is 19.1 Å². The Balaban J connectivity index is 1.71. The van der Waals surface area contributed by atoms with E-state index in [-0.39, 0.29) is 12.4 Å². The van der Waals surface area contributed by atoms with Crippen molar-refractivity contribution in [2.45, 2.75) is 38.8 Å². The minimum atomic E-state index is -0.0796. The highest BCUT2D eigenvalue weighted by molar-refractivity contribution is 5.13. The fraction of sp³-hybridized carbons (Fsp3) is 0.600. The summed E-state index contributed by atoms with van der Waals surface area (Å²) in [4.78, 5) is 0. The topological polar surface area (TPSA) is 27.7 Å². The van der Waals surface area contributed by atoms with Crippen molar-refractivity contribution < 1.29 is 14.2 Å². The van der Waals surface area contributed by atoms with Crippen LogP contribution in [0.2, 0.25) is 0 Å². The van der Waals surface area contributed by atoms with Gasteiger partial charge in [-0.3, -0.25) is 0 Å². The Morgan fingerprint density at radius 2 is 2.00 bits per heavy atom. The van der Waals surface area contributed by atoms with Gasteiger partial charge in [0.05, 0.1) is 19.3 Å². The Labute approximate surface area is 109 Å². The number of rotatable bonds is 5. The first kappa shape index (κ1) is 13.5. The number of benzene rings is 1. The summed E-state index contributed by atoms with van der Waals surface area (Å²) in [5, 5.41) is 0. The van der Waals surface area contributed by atoms with E-state index in [0.717, 1.165) is 12.8 Å². The third-order valence-electron chi connectivity index (χ3n) is 3.38. The highest BCUT2D eigenvalue weighted by atomic mass is 16.7. The van der Waals surface area contributed by atoms with E-state index in [1.165, 1.54) is 5.56 Å². The molecule has 1 aromatic carbocycles. The van der Waals surface area contributed by atoms with Gasteiger partial charge >= 0.3 is 0 Å². The minimum Gasteiger partial charge on any atom is -0.374 e. The van der Waals surface area contributed by atoms with Gasteiger partial charge in [-0.1, -0.05) is 37.3 Å². The van der Waals surface area contributed by atoms with Gasteiger partial charge in [-0.05, 0) is 18.4 Å². The molecule has 3 unspecified atom stereocenters. The van der Waals surface area contributed by atoms with Crippen molar-refractivity contribution in [3.05, 3.63) is 35.9 Å². The van der Waals surface area contributed by atoms with Crippen molar-refractivity contribution in [2.24, 2.45) is 5.92 Å². The van der Waals surface area contributed by atoms with E-state index in [1.54, 1.807) is 7.11 Å². The summed E-state index contributed by atoms with van der Waals surface area (Å²) >= 11 is 0. The Kier molecular flexibility index (Phi) is 5.17. The quantitative estimate of drug-likeness (QED) is 0.804. The molecule has 0 N–H and O–H groups in total. The van der Waals surface area contributed by atoms with Crippen LogP contribution in [0, 0.1) is 5.92 Å². The summed E-state index contributed by atoms with van der Waals surface area (Å²) in [5.74, 6) is 0.473. The zero-order valence-corrected chi connectivity index (χ0v) is 11.2. The third-order valence-corrected chi connectivity index (χ3v) is 3.38. The van der Waals surface area contributed by atoms with Crippen molar-refractivity contribution in [3.63, 3.8) is 0 Å². The molecule has 0 amide bonds. The molecule has 1 aliphatic heterocycles. The first-order chi connectivity index (χ1) is 8.79. The van der Waals surface area contributed by atoms with E-state index in [2.05, 4.69) is 19.1 Å². The van der Waals surface area contributed by atoms with Gasteiger partial charge in [0.25, 0.3) is 0 Å². The smallest absolute Gasteiger partial charge is 0.160 e. The molecule has 0 bridgehead atoms.